The summed E-state index contributed by atoms with van der Waals surface area (Å²) in [6.07, 6.45) is 2.45. The molecule has 0 aromatic carbocycles. The second-order valence-corrected chi connectivity index (χ2v) is 10.8. The summed E-state index contributed by atoms with van der Waals surface area (Å²) in [5, 5.41) is 9.68. The molecule has 0 saturated carbocycles. The number of carbonyl (C=O) groups excluding carboxylic acids is 1. The molecule has 0 amide bonds. The fourth-order valence-electron chi connectivity index (χ4n) is 4.56. The fraction of sp³-hybridized carbons (Fsp3) is 0.500. The molecule has 6 heterocycles. The van der Waals surface area contributed by atoms with Gasteiger partial charge in [-0.25, -0.2) is 14.8 Å². The van der Waals surface area contributed by atoms with Gasteiger partial charge in [0, 0.05) is 42.2 Å². The normalized spacial score (nSPS) is 18.0. The van der Waals surface area contributed by atoms with Crippen molar-refractivity contribution < 1.29 is 19.0 Å². The molecule has 0 atom stereocenters. The van der Waals surface area contributed by atoms with E-state index in [1.54, 1.807) is 29.0 Å². The minimum Gasteiger partial charge on any atom is -0.458 e. The van der Waals surface area contributed by atoms with Crippen LogP contribution in [0.3, 0.4) is 0 Å². The van der Waals surface area contributed by atoms with Crippen LogP contribution >= 0.6 is 23.1 Å². The number of anilines is 1. The van der Waals surface area contributed by atoms with Gasteiger partial charge in [-0.3, -0.25) is 4.40 Å². The van der Waals surface area contributed by atoms with Crippen LogP contribution < -0.4 is 4.90 Å². The third-order valence-electron chi connectivity index (χ3n) is 6.14. The lowest BCUT2D eigenvalue weighted by Gasteiger charge is -2.36. The number of thioether (sulfide) groups is 1. The molecule has 1 saturated heterocycles. The van der Waals surface area contributed by atoms with Crippen LogP contribution in [0.5, 0.6) is 0 Å². The predicted octanol–water partition coefficient (Wildman–Crippen LogP) is 3.82. The Morgan fingerprint density at radius 2 is 2.09 bits per heavy atom. The van der Waals surface area contributed by atoms with E-state index in [2.05, 4.69) is 28.9 Å². The van der Waals surface area contributed by atoms with Crippen LogP contribution in [0.2, 0.25) is 0 Å². The van der Waals surface area contributed by atoms with Crippen LogP contribution in [0.4, 0.5) is 10.6 Å². The number of rotatable bonds is 3. The summed E-state index contributed by atoms with van der Waals surface area (Å²) in [5.41, 5.74) is 3.62. The average molecular weight is 501 g/mol. The highest BCUT2D eigenvalue weighted by Gasteiger charge is 2.33. The summed E-state index contributed by atoms with van der Waals surface area (Å²) in [7, 11) is 0. The van der Waals surface area contributed by atoms with E-state index in [9.17, 15) is 4.79 Å². The number of nitrogens with zero attached hydrogens (tertiary/aromatic N) is 6. The monoisotopic (exact) mass is 500 g/mol. The van der Waals surface area contributed by atoms with E-state index < -0.39 is 5.30 Å². The Labute approximate surface area is 203 Å². The molecule has 0 aliphatic carbocycles. The number of ether oxygens (including phenoxy) is 3. The van der Waals surface area contributed by atoms with Gasteiger partial charge < -0.3 is 19.1 Å². The maximum absolute atomic E-state index is 12.0. The molecule has 12 heteroatoms. The molecule has 2 aliphatic rings. The lowest BCUT2D eigenvalue weighted by Crippen LogP contribution is -2.39. The molecule has 34 heavy (non-hydrogen) atoms. The van der Waals surface area contributed by atoms with E-state index in [0.29, 0.717) is 37.2 Å². The molecular formula is C22H24N6O4S2. The first kappa shape index (κ1) is 22.0. The van der Waals surface area contributed by atoms with E-state index in [1.807, 2.05) is 0 Å². The number of hydrogen-bond donors (Lipinski definition) is 0. The van der Waals surface area contributed by atoms with Gasteiger partial charge in [0.25, 0.3) is 0 Å². The number of aromatic nitrogens is 5. The second-order valence-electron chi connectivity index (χ2n) is 8.88. The summed E-state index contributed by atoms with van der Waals surface area (Å²) in [4.78, 5) is 25.1. The van der Waals surface area contributed by atoms with Crippen LogP contribution in [-0.2, 0) is 27.2 Å². The predicted molar refractivity (Wildman–Crippen MR) is 130 cm³/mol. The number of hydrogen-bond acceptors (Lipinski definition) is 11. The SMILES string of the molecule is CCOC(=O)Sc1nnc2c3sc4nc(N5CCOCC5)c5c(c4c3ncn12)CC(C)(C)OC5. The lowest BCUT2D eigenvalue weighted by molar-refractivity contribution is -0.0396. The van der Waals surface area contributed by atoms with Gasteiger partial charge in [0.05, 0.1) is 37.5 Å². The Hall–Kier alpha value is -2.54. The highest BCUT2D eigenvalue weighted by Crippen LogP contribution is 2.43. The first-order valence-corrected chi connectivity index (χ1v) is 12.9. The zero-order chi connectivity index (χ0) is 23.4. The van der Waals surface area contributed by atoms with Gasteiger partial charge in [-0.15, -0.1) is 21.5 Å². The fourth-order valence-corrected chi connectivity index (χ4v) is 6.33. The smallest absolute Gasteiger partial charge is 0.375 e. The number of thiophene rings is 1. The molecule has 0 radical (unpaired) electrons. The molecule has 0 unspecified atom stereocenters. The Kier molecular flexibility index (Phi) is 5.36. The van der Waals surface area contributed by atoms with Crippen LogP contribution in [0.1, 0.15) is 31.9 Å². The van der Waals surface area contributed by atoms with Crippen LogP contribution in [-0.4, -0.2) is 68.4 Å². The van der Waals surface area contributed by atoms with Crippen LogP contribution in [0.25, 0.3) is 26.1 Å². The van der Waals surface area contributed by atoms with Crippen molar-refractivity contribution in [3.8, 4) is 0 Å². The van der Waals surface area contributed by atoms with Crippen molar-refractivity contribution in [2.24, 2.45) is 0 Å². The average Bonchev–Trinajstić information content (AvgIpc) is 3.40. The molecule has 10 nitrogen and oxygen atoms in total. The zero-order valence-electron chi connectivity index (χ0n) is 19.2. The Morgan fingerprint density at radius 3 is 2.88 bits per heavy atom. The lowest BCUT2D eigenvalue weighted by atomic mass is 9.90. The van der Waals surface area contributed by atoms with Gasteiger partial charge in [-0.05, 0) is 26.3 Å². The summed E-state index contributed by atoms with van der Waals surface area (Å²) < 4.78 is 19.5. The van der Waals surface area contributed by atoms with E-state index >= 15 is 0 Å². The highest BCUT2D eigenvalue weighted by molar-refractivity contribution is 8.13. The molecule has 0 bridgehead atoms. The van der Waals surface area contributed by atoms with Gasteiger partial charge >= 0.3 is 5.30 Å². The Morgan fingerprint density at radius 1 is 1.26 bits per heavy atom. The first-order chi connectivity index (χ1) is 16.4. The van der Waals surface area contributed by atoms with Crippen molar-refractivity contribution in [2.75, 3.05) is 37.8 Å². The molecule has 4 aromatic heterocycles. The third-order valence-corrected chi connectivity index (χ3v) is 7.95. The first-order valence-electron chi connectivity index (χ1n) is 11.2. The minimum atomic E-state index is -0.415. The van der Waals surface area contributed by atoms with Crippen molar-refractivity contribution in [1.29, 1.82) is 0 Å². The molecular weight excluding hydrogens is 476 g/mol. The summed E-state index contributed by atoms with van der Waals surface area (Å²) in [6, 6.07) is 0. The van der Waals surface area contributed by atoms with Crippen molar-refractivity contribution in [3.63, 3.8) is 0 Å². The van der Waals surface area contributed by atoms with E-state index in [1.165, 1.54) is 5.56 Å². The van der Waals surface area contributed by atoms with Crippen molar-refractivity contribution in [1.82, 2.24) is 24.6 Å². The maximum atomic E-state index is 12.0. The van der Waals surface area contributed by atoms with Crippen molar-refractivity contribution in [2.45, 2.75) is 44.6 Å². The largest absolute Gasteiger partial charge is 0.458 e. The molecule has 4 aromatic rings. The molecule has 178 valence electrons. The summed E-state index contributed by atoms with van der Waals surface area (Å²) in [6.45, 7) is 9.83. The Bertz CT molecular complexity index is 1430. The van der Waals surface area contributed by atoms with Crippen molar-refractivity contribution in [3.05, 3.63) is 17.5 Å². The summed E-state index contributed by atoms with van der Waals surface area (Å²) in [5.74, 6) is 0.976. The topological polar surface area (TPSA) is 104 Å². The van der Waals surface area contributed by atoms with Gasteiger partial charge in [0.15, 0.2) is 5.65 Å². The molecule has 0 spiro atoms. The van der Waals surface area contributed by atoms with E-state index in [-0.39, 0.29) is 5.60 Å². The highest BCUT2D eigenvalue weighted by atomic mass is 32.2. The number of morpholine rings is 1. The van der Waals surface area contributed by atoms with Crippen LogP contribution in [0, 0.1) is 0 Å². The van der Waals surface area contributed by atoms with Crippen LogP contribution in [0.15, 0.2) is 11.5 Å². The van der Waals surface area contributed by atoms with E-state index in [0.717, 1.165) is 63.1 Å². The molecule has 2 aliphatic heterocycles. The number of pyridine rings is 1. The van der Waals surface area contributed by atoms with Crippen molar-refractivity contribution >= 4 is 60.3 Å². The zero-order valence-corrected chi connectivity index (χ0v) is 20.8. The number of fused-ring (bicyclic) bond motifs is 7. The quantitative estimate of drug-likeness (QED) is 0.304. The second kappa shape index (κ2) is 8.29. The molecule has 1 fully saturated rings. The van der Waals surface area contributed by atoms with Gasteiger partial charge in [0.2, 0.25) is 5.16 Å². The standard InChI is InChI=1S/C22H24N6O4S2/c1-4-31-21(29)34-20-26-25-18-16-15(23-11-28(18)20)14-12-9-22(2,3)32-10-13(12)17(24-19(14)33-16)27-5-7-30-8-6-27/h11H,4-10H2,1-3H3. The van der Waals surface area contributed by atoms with E-state index in [4.69, 9.17) is 24.2 Å². The van der Waals surface area contributed by atoms with Gasteiger partial charge in [-0.1, -0.05) is 0 Å². The number of carbonyl (C=O) groups is 1. The molecule has 0 N–H and O–H groups in total. The third kappa shape index (κ3) is 3.60. The maximum Gasteiger partial charge on any atom is 0.375 e. The summed E-state index contributed by atoms with van der Waals surface area (Å²) >= 11 is 2.47. The van der Waals surface area contributed by atoms with Gasteiger partial charge in [0.1, 0.15) is 21.7 Å². The Balaban J connectivity index is 1.56. The minimum absolute atomic E-state index is 0.278. The van der Waals surface area contributed by atoms with Gasteiger partial charge in [-0.2, -0.15) is 0 Å². The molecule has 6 rings (SSSR count).